The zero-order valence-electron chi connectivity index (χ0n) is 10.8. The lowest BCUT2D eigenvalue weighted by atomic mass is 10.1. The molecule has 19 heavy (non-hydrogen) atoms. The zero-order valence-corrected chi connectivity index (χ0v) is 12.3. The Morgan fingerprint density at radius 3 is 2.58 bits per heavy atom. The van der Waals surface area contributed by atoms with Crippen LogP contribution in [0.4, 0.5) is 0 Å². The van der Waals surface area contributed by atoms with Crippen molar-refractivity contribution in [3.8, 4) is 0 Å². The van der Waals surface area contributed by atoms with Crippen molar-refractivity contribution in [2.75, 3.05) is 5.75 Å². The Morgan fingerprint density at radius 2 is 1.95 bits per heavy atom. The summed E-state index contributed by atoms with van der Waals surface area (Å²) in [7, 11) is 0. The number of hydrogen-bond acceptors (Lipinski definition) is 3. The molecule has 2 aromatic rings. The van der Waals surface area contributed by atoms with E-state index in [1.54, 1.807) is 11.8 Å². The maximum atomic E-state index is 6.16. The molecule has 4 heteroatoms. The van der Waals surface area contributed by atoms with Crippen LogP contribution in [0.25, 0.3) is 0 Å². The SMILES string of the molecule is Cc1ccc(C(CSc2ccccc2)NN)cc1Cl. The van der Waals surface area contributed by atoms with Crippen molar-refractivity contribution in [3.63, 3.8) is 0 Å². The van der Waals surface area contributed by atoms with Crippen LogP contribution in [0.1, 0.15) is 17.2 Å². The van der Waals surface area contributed by atoms with Crippen molar-refractivity contribution < 1.29 is 0 Å². The monoisotopic (exact) mass is 292 g/mol. The molecule has 0 aliphatic heterocycles. The minimum Gasteiger partial charge on any atom is -0.271 e. The lowest BCUT2D eigenvalue weighted by molar-refractivity contribution is 0.610. The predicted molar refractivity (Wildman–Crippen MR) is 83.4 cm³/mol. The van der Waals surface area contributed by atoms with Crippen molar-refractivity contribution in [1.29, 1.82) is 0 Å². The van der Waals surface area contributed by atoms with E-state index in [9.17, 15) is 0 Å². The first-order chi connectivity index (χ1) is 9.20. The summed E-state index contributed by atoms with van der Waals surface area (Å²) >= 11 is 7.93. The first-order valence-corrected chi connectivity index (χ1v) is 7.47. The summed E-state index contributed by atoms with van der Waals surface area (Å²) in [6.45, 7) is 2.00. The van der Waals surface area contributed by atoms with Crippen molar-refractivity contribution in [3.05, 3.63) is 64.7 Å². The minimum atomic E-state index is 0.0864. The maximum absolute atomic E-state index is 6.16. The van der Waals surface area contributed by atoms with Gasteiger partial charge in [-0.05, 0) is 36.2 Å². The van der Waals surface area contributed by atoms with Gasteiger partial charge in [-0.15, -0.1) is 11.8 Å². The van der Waals surface area contributed by atoms with Gasteiger partial charge >= 0.3 is 0 Å². The van der Waals surface area contributed by atoms with Gasteiger partial charge in [0.15, 0.2) is 0 Å². The van der Waals surface area contributed by atoms with Gasteiger partial charge in [-0.2, -0.15) is 0 Å². The third-order valence-corrected chi connectivity index (χ3v) is 4.47. The largest absolute Gasteiger partial charge is 0.271 e. The lowest BCUT2D eigenvalue weighted by Crippen LogP contribution is -2.29. The van der Waals surface area contributed by atoms with Gasteiger partial charge < -0.3 is 0 Å². The highest BCUT2D eigenvalue weighted by Crippen LogP contribution is 2.26. The molecule has 0 aromatic heterocycles. The molecule has 0 bridgehead atoms. The van der Waals surface area contributed by atoms with Crippen LogP contribution in [0.5, 0.6) is 0 Å². The summed E-state index contributed by atoms with van der Waals surface area (Å²) in [5.74, 6) is 6.51. The molecule has 0 radical (unpaired) electrons. The predicted octanol–water partition coefficient (Wildman–Crippen LogP) is 3.95. The minimum absolute atomic E-state index is 0.0864. The molecule has 2 aromatic carbocycles. The molecule has 0 amide bonds. The van der Waals surface area contributed by atoms with Gasteiger partial charge in [0.05, 0.1) is 6.04 Å². The molecule has 2 rings (SSSR count). The second-order valence-corrected chi connectivity index (χ2v) is 5.85. The van der Waals surface area contributed by atoms with Gasteiger partial charge in [0.1, 0.15) is 0 Å². The highest BCUT2D eigenvalue weighted by Gasteiger charge is 2.11. The van der Waals surface area contributed by atoms with Gasteiger partial charge in [0.25, 0.3) is 0 Å². The molecule has 0 saturated carbocycles. The fourth-order valence-electron chi connectivity index (χ4n) is 1.76. The van der Waals surface area contributed by atoms with Crippen LogP contribution < -0.4 is 11.3 Å². The standard InChI is InChI=1S/C15H17ClN2S/c1-11-7-8-12(9-14(11)16)15(18-17)10-19-13-5-3-2-4-6-13/h2-9,15,18H,10,17H2,1H3. The average molecular weight is 293 g/mol. The fourth-order valence-corrected chi connectivity index (χ4v) is 2.95. The average Bonchev–Trinajstić information content (AvgIpc) is 2.44. The van der Waals surface area contributed by atoms with Crippen molar-refractivity contribution in [1.82, 2.24) is 5.43 Å². The first-order valence-electron chi connectivity index (χ1n) is 6.10. The molecule has 0 fully saturated rings. The van der Waals surface area contributed by atoms with Crippen molar-refractivity contribution in [2.45, 2.75) is 17.9 Å². The van der Waals surface area contributed by atoms with Crippen LogP contribution in [-0.2, 0) is 0 Å². The number of hydrogen-bond donors (Lipinski definition) is 2. The van der Waals surface area contributed by atoms with E-state index < -0.39 is 0 Å². The summed E-state index contributed by atoms with van der Waals surface area (Å²) in [5, 5.41) is 0.780. The van der Waals surface area contributed by atoms with E-state index in [-0.39, 0.29) is 6.04 Å². The Morgan fingerprint density at radius 1 is 1.21 bits per heavy atom. The molecule has 0 saturated heterocycles. The Labute approximate surface area is 123 Å². The molecule has 0 aliphatic carbocycles. The lowest BCUT2D eigenvalue weighted by Gasteiger charge is -2.16. The van der Waals surface area contributed by atoms with Crippen molar-refractivity contribution in [2.24, 2.45) is 5.84 Å². The van der Waals surface area contributed by atoms with Crippen LogP contribution in [0, 0.1) is 6.92 Å². The summed E-state index contributed by atoms with van der Waals surface area (Å²) in [5.41, 5.74) is 5.05. The highest BCUT2D eigenvalue weighted by atomic mass is 35.5. The number of aryl methyl sites for hydroxylation is 1. The number of benzene rings is 2. The molecule has 3 N–H and O–H groups in total. The number of nitrogens with one attached hydrogen (secondary N) is 1. The third kappa shape index (κ3) is 3.98. The Kier molecular flexibility index (Phi) is 5.28. The van der Waals surface area contributed by atoms with E-state index in [2.05, 4.69) is 23.6 Å². The third-order valence-electron chi connectivity index (χ3n) is 2.96. The quantitative estimate of drug-likeness (QED) is 0.498. The fraction of sp³-hybridized carbons (Fsp3) is 0.200. The van der Waals surface area contributed by atoms with Gasteiger partial charge in [-0.1, -0.05) is 41.9 Å². The van der Waals surface area contributed by atoms with Crippen LogP contribution in [-0.4, -0.2) is 5.75 Å². The second-order valence-electron chi connectivity index (χ2n) is 4.35. The summed E-state index contributed by atoms with van der Waals surface area (Å²) < 4.78 is 0. The number of rotatable bonds is 5. The number of halogens is 1. The second kappa shape index (κ2) is 6.96. The Hall–Kier alpha value is -1.00. The Balaban J connectivity index is 2.05. The zero-order chi connectivity index (χ0) is 13.7. The van der Waals surface area contributed by atoms with Crippen LogP contribution in [0.3, 0.4) is 0 Å². The number of thioether (sulfide) groups is 1. The molecule has 0 heterocycles. The van der Waals surface area contributed by atoms with E-state index in [0.29, 0.717) is 0 Å². The smallest absolute Gasteiger partial charge is 0.0554 e. The van der Waals surface area contributed by atoms with Gasteiger partial charge in [-0.25, -0.2) is 0 Å². The van der Waals surface area contributed by atoms with E-state index in [1.165, 1.54) is 4.90 Å². The molecule has 1 unspecified atom stereocenters. The van der Waals surface area contributed by atoms with Crippen LogP contribution >= 0.6 is 23.4 Å². The maximum Gasteiger partial charge on any atom is 0.0554 e. The van der Waals surface area contributed by atoms with E-state index in [1.807, 2.05) is 37.3 Å². The van der Waals surface area contributed by atoms with Gasteiger partial charge in [-0.3, -0.25) is 11.3 Å². The van der Waals surface area contributed by atoms with Gasteiger partial charge in [0, 0.05) is 15.7 Å². The molecule has 1 atom stereocenters. The molecule has 100 valence electrons. The topological polar surface area (TPSA) is 38.0 Å². The molecule has 2 nitrogen and oxygen atoms in total. The molecule has 0 spiro atoms. The summed E-state index contributed by atoms with van der Waals surface area (Å²) in [6.07, 6.45) is 0. The number of hydrazine groups is 1. The van der Waals surface area contributed by atoms with Crippen LogP contribution in [0.2, 0.25) is 5.02 Å². The molecule has 0 aliphatic rings. The van der Waals surface area contributed by atoms with E-state index in [0.717, 1.165) is 21.9 Å². The first kappa shape index (κ1) is 14.4. The number of nitrogens with two attached hydrogens (primary N) is 1. The van der Waals surface area contributed by atoms with Crippen molar-refractivity contribution >= 4 is 23.4 Å². The van der Waals surface area contributed by atoms with Gasteiger partial charge in [0.2, 0.25) is 0 Å². The van der Waals surface area contributed by atoms with E-state index >= 15 is 0 Å². The summed E-state index contributed by atoms with van der Waals surface area (Å²) in [4.78, 5) is 1.24. The molecular formula is C15H17ClN2S. The van der Waals surface area contributed by atoms with E-state index in [4.69, 9.17) is 17.4 Å². The normalized spacial score (nSPS) is 12.4. The summed E-state index contributed by atoms with van der Waals surface area (Å²) in [6, 6.07) is 16.4. The highest BCUT2D eigenvalue weighted by molar-refractivity contribution is 7.99. The van der Waals surface area contributed by atoms with Crippen LogP contribution in [0.15, 0.2) is 53.4 Å². The molecular weight excluding hydrogens is 276 g/mol. The Bertz CT molecular complexity index is 531.